The van der Waals surface area contributed by atoms with Crippen molar-refractivity contribution in [2.45, 2.75) is 6.92 Å². The van der Waals surface area contributed by atoms with Crippen LogP contribution >= 0.6 is 0 Å². The molecule has 0 atom stereocenters. The lowest BCUT2D eigenvalue weighted by Gasteiger charge is -2.02. The van der Waals surface area contributed by atoms with Crippen LogP contribution in [0.5, 0.6) is 0 Å². The van der Waals surface area contributed by atoms with Gasteiger partial charge in [0.25, 0.3) is 0 Å². The predicted molar refractivity (Wildman–Crippen MR) is 75.2 cm³/mol. The molecule has 2 aromatic heterocycles. The van der Waals surface area contributed by atoms with Gasteiger partial charge in [-0.2, -0.15) is 5.10 Å². The highest BCUT2D eigenvalue weighted by molar-refractivity contribution is 5.91. The first-order chi connectivity index (χ1) is 9.10. The molecule has 3 aromatic rings. The smallest absolute Gasteiger partial charge is 0.153 e. The Bertz CT molecular complexity index is 780. The number of fused-ring (bicyclic) bond motifs is 1. The van der Waals surface area contributed by atoms with Crippen LogP contribution in [-0.2, 0) is 14.1 Å². The van der Waals surface area contributed by atoms with Crippen molar-refractivity contribution < 1.29 is 4.79 Å². The van der Waals surface area contributed by atoms with Crippen molar-refractivity contribution in [3.05, 3.63) is 41.6 Å². The minimum absolute atomic E-state index is 0.616. The quantitative estimate of drug-likeness (QED) is 0.659. The maximum atomic E-state index is 11.1. The van der Waals surface area contributed by atoms with Gasteiger partial charge < -0.3 is 4.57 Å². The summed E-state index contributed by atoms with van der Waals surface area (Å²) in [5, 5.41) is 5.56. The molecular formula is C15H15N3O. The Morgan fingerprint density at radius 2 is 2.00 bits per heavy atom. The van der Waals surface area contributed by atoms with Crippen LogP contribution in [0.25, 0.3) is 22.3 Å². The second kappa shape index (κ2) is 4.09. The fourth-order valence-electron chi connectivity index (χ4n) is 2.49. The predicted octanol–water partition coefficient (Wildman–Crippen LogP) is 2.70. The third kappa shape index (κ3) is 1.76. The summed E-state index contributed by atoms with van der Waals surface area (Å²) < 4.78 is 3.74. The maximum absolute atomic E-state index is 11.1. The summed E-state index contributed by atoms with van der Waals surface area (Å²) in [6.45, 7) is 2.07. The molecular weight excluding hydrogens is 238 g/mol. The van der Waals surface area contributed by atoms with Gasteiger partial charge in [-0.1, -0.05) is 11.6 Å². The van der Waals surface area contributed by atoms with Gasteiger partial charge in [-0.25, -0.2) is 0 Å². The van der Waals surface area contributed by atoms with Gasteiger partial charge in [-0.15, -0.1) is 0 Å². The normalized spacial score (nSPS) is 11.1. The molecule has 0 saturated heterocycles. The van der Waals surface area contributed by atoms with Gasteiger partial charge in [0, 0.05) is 31.2 Å². The molecule has 0 amide bonds. The zero-order chi connectivity index (χ0) is 13.6. The summed E-state index contributed by atoms with van der Waals surface area (Å²) in [5.74, 6) is 0. The average Bonchev–Trinajstić information content (AvgIpc) is 2.90. The van der Waals surface area contributed by atoms with Crippen molar-refractivity contribution in [1.29, 1.82) is 0 Å². The van der Waals surface area contributed by atoms with Crippen molar-refractivity contribution in [2.24, 2.45) is 14.1 Å². The summed E-state index contributed by atoms with van der Waals surface area (Å²) in [7, 11) is 3.82. The Morgan fingerprint density at radius 3 is 2.74 bits per heavy atom. The molecule has 0 unspecified atom stereocenters. The van der Waals surface area contributed by atoms with E-state index in [4.69, 9.17) is 0 Å². The average molecular weight is 253 g/mol. The van der Waals surface area contributed by atoms with Crippen LogP contribution < -0.4 is 0 Å². The van der Waals surface area contributed by atoms with E-state index in [0.29, 0.717) is 5.56 Å². The van der Waals surface area contributed by atoms with Crippen LogP contribution in [0.4, 0.5) is 0 Å². The van der Waals surface area contributed by atoms with E-state index in [1.807, 2.05) is 14.1 Å². The van der Waals surface area contributed by atoms with Gasteiger partial charge in [0.1, 0.15) is 5.69 Å². The number of rotatable bonds is 2. The van der Waals surface area contributed by atoms with Crippen LogP contribution in [0.15, 0.2) is 30.5 Å². The summed E-state index contributed by atoms with van der Waals surface area (Å²) in [6.07, 6.45) is 2.59. The molecule has 0 bridgehead atoms. The zero-order valence-electron chi connectivity index (χ0n) is 11.2. The van der Waals surface area contributed by atoms with E-state index >= 15 is 0 Å². The lowest BCUT2D eigenvalue weighted by molar-refractivity contribution is 0.112. The van der Waals surface area contributed by atoms with Crippen LogP contribution in [0.3, 0.4) is 0 Å². The van der Waals surface area contributed by atoms with E-state index in [0.717, 1.165) is 23.2 Å². The first-order valence-corrected chi connectivity index (χ1v) is 6.15. The standard InChI is InChI=1S/C15H15N3O/c1-10-4-5-13-11(6-10)7-14(18(13)3)15-12(9-19)8-17(2)16-15/h4-9H,1-3H3. The van der Waals surface area contributed by atoms with Gasteiger partial charge in [-0.3, -0.25) is 9.48 Å². The fourth-order valence-corrected chi connectivity index (χ4v) is 2.49. The Labute approximate surface area is 111 Å². The second-order valence-corrected chi connectivity index (χ2v) is 4.88. The maximum Gasteiger partial charge on any atom is 0.153 e. The van der Waals surface area contributed by atoms with Crippen molar-refractivity contribution in [2.75, 3.05) is 0 Å². The number of carbonyl (C=O) groups is 1. The van der Waals surface area contributed by atoms with Gasteiger partial charge in [-0.05, 0) is 25.1 Å². The van der Waals surface area contributed by atoms with Crippen molar-refractivity contribution >= 4 is 17.2 Å². The number of aryl methyl sites for hydroxylation is 3. The van der Waals surface area contributed by atoms with E-state index in [1.165, 1.54) is 10.9 Å². The van der Waals surface area contributed by atoms with E-state index in [9.17, 15) is 4.79 Å². The van der Waals surface area contributed by atoms with Crippen LogP contribution in [-0.4, -0.2) is 20.6 Å². The Morgan fingerprint density at radius 1 is 1.21 bits per heavy atom. The van der Waals surface area contributed by atoms with Crippen LogP contribution in [0.1, 0.15) is 15.9 Å². The lowest BCUT2D eigenvalue weighted by Crippen LogP contribution is -1.95. The van der Waals surface area contributed by atoms with Crippen molar-refractivity contribution in [3.8, 4) is 11.4 Å². The second-order valence-electron chi connectivity index (χ2n) is 4.88. The molecule has 96 valence electrons. The molecule has 0 saturated carbocycles. The van der Waals surface area contributed by atoms with E-state index in [2.05, 4.69) is 40.9 Å². The van der Waals surface area contributed by atoms with E-state index in [-0.39, 0.29) is 0 Å². The van der Waals surface area contributed by atoms with Crippen LogP contribution in [0, 0.1) is 6.92 Å². The van der Waals surface area contributed by atoms with Crippen LogP contribution in [0.2, 0.25) is 0 Å². The minimum Gasteiger partial charge on any atom is -0.342 e. The number of hydrogen-bond acceptors (Lipinski definition) is 2. The Balaban J connectivity index is 2.30. The molecule has 3 rings (SSSR count). The summed E-state index contributed by atoms with van der Waals surface area (Å²) >= 11 is 0. The van der Waals surface area contributed by atoms with Gasteiger partial charge in [0.2, 0.25) is 0 Å². The van der Waals surface area contributed by atoms with Gasteiger partial charge in [0.05, 0.1) is 11.3 Å². The number of aromatic nitrogens is 3. The molecule has 0 aliphatic rings. The molecule has 0 aliphatic heterocycles. The SMILES string of the molecule is Cc1ccc2c(c1)cc(-c1nn(C)cc1C=O)n2C. The number of benzene rings is 1. The first kappa shape index (κ1) is 11.7. The summed E-state index contributed by atoms with van der Waals surface area (Å²) in [4.78, 5) is 11.1. The number of carbonyl (C=O) groups excluding carboxylic acids is 1. The molecule has 1 aromatic carbocycles. The fraction of sp³-hybridized carbons (Fsp3) is 0.200. The Kier molecular flexibility index (Phi) is 2.52. The highest BCUT2D eigenvalue weighted by Gasteiger charge is 2.14. The van der Waals surface area contributed by atoms with E-state index in [1.54, 1.807) is 10.9 Å². The molecule has 19 heavy (non-hydrogen) atoms. The largest absolute Gasteiger partial charge is 0.342 e. The Hall–Kier alpha value is -2.36. The molecule has 4 nitrogen and oxygen atoms in total. The number of hydrogen-bond donors (Lipinski definition) is 0. The minimum atomic E-state index is 0.616. The van der Waals surface area contributed by atoms with Crippen molar-refractivity contribution in [3.63, 3.8) is 0 Å². The molecule has 4 heteroatoms. The molecule has 0 N–H and O–H groups in total. The molecule has 0 spiro atoms. The number of nitrogens with zero attached hydrogens (tertiary/aromatic N) is 3. The zero-order valence-corrected chi connectivity index (χ0v) is 11.2. The molecule has 0 fully saturated rings. The summed E-state index contributed by atoms with van der Waals surface area (Å²) in [5.41, 5.74) is 4.67. The summed E-state index contributed by atoms with van der Waals surface area (Å²) in [6, 6.07) is 8.41. The van der Waals surface area contributed by atoms with Gasteiger partial charge >= 0.3 is 0 Å². The van der Waals surface area contributed by atoms with E-state index < -0.39 is 0 Å². The third-order valence-corrected chi connectivity index (χ3v) is 3.42. The lowest BCUT2D eigenvalue weighted by atomic mass is 10.1. The number of aldehydes is 1. The third-order valence-electron chi connectivity index (χ3n) is 3.42. The molecule has 0 radical (unpaired) electrons. The topological polar surface area (TPSA) is 39.8 Å². The highest BCUT2D eigenvalue weighted by atomic mass is 16.1. The van der Waals surface area contributed by atoms with Gasteiger partial charge in [0.15, 0.2) is 6.29 Å². The first-order valence-electron chi connectivity index (χ1n) is 6.15. The molecule has 2 heterocycles. The van der Waals surface area contributed by atoms with Crippen molar-refractivity contribution in [1.82, 2.24) is 14.3 Å². The molecule has 0 aliphatic carbocycles. The monoisotopic (exact) mass is 253 g/mol. The highest BCUT2D eigenvalue weighted by Crippen LogP contribution is 2.28.